The van der Waals surface area contributed by atoms with Crippen molar-refractivity contribution in [1.29, 1.82) is 0 Å². The van der Waals surface area contributed by atoms with Gasteiger partial charge in [-0.2, -0.15) is 0 Å². The highest BCUT2D eigenvalue weighted by atomic mass is 79.9. The molecule has 1 saturated heterocycles. The van der Waals surface area contributed by atoms with E-state index >= 15 is 0 Å². The summed E-state index contributed by atoms with van der Waals surface area (Å²) in [6.07, 6.45) is -0.0946. The number of nitrogens with one attached hydrogen (secondary N) is 2. The SMILES string of the molecule is Cc1cccc(NC(=O)NC(=O)CN2CCOC(c3cccc(Br)c3)C2)c1C. The molecule has 0 spiro atoms. The lowest BCUT2D eigenvalue weighted by Gasteiger charge is -2.32. The Kier molecular flexibility index (Phi) is 6.83. The van der Waals surface area contributed by atoms with E-state index in [0.29, 0.717) is 25.4 Å². The Hall–Kier alpha value is -2.22. The van der Waals surface area contributed by atoms with Crippen molar-refractivity contribution in [3.8, 4) is 0 Å². The number of carbonyl (C=O) groups excluding carboxylic acids is 2. The van der Waals surface area contributed by atoms with Crippen molar-refractivity contribution in [3.63, 3.8) is 0 Å². The first-order chi connectivity index (χ1) is 13.4. The first-order valence-corrected chi connectivity index (χ1v) is 9.98. The zero-order valence-electron chi connectivity index (χ0n) is 16.0. The average molecular weight is 446 g/mol. The van der Waals surface area contributed by atoms with Crippen LogP contribution in [0, 0.1) is 13.8 Å². The van der Waals surface area contributed by atoms with Gasteiger partial charge in [0, 0.05) is 23.2 Å². The van der Waals surface area contributed by atoms with Crippen LogP contribution >= 0.6 is 15.9 Å². The van der Waals surface area contributed by atoms with E-state index in [4.69, 9.17) is 4.74 Å². The lowest BCUT2D eigenvalue weighted by molar-refractivity contribution is -0.123. The van der Waals surface area contributed by atoms with E-state index in [0.717, 1.165) is 21.2 Å². The summed E-state index contributed by atoms with van der Waals surface area (Å²) in [5.41, 5.74) is 3.82. The van der Waals surface area contributed by atoms with Gasteiger partial charge in [-0.05, 0) is 48.7 Å². The predicted octanol–water partition coefficient (Wildman–Crippen LogP) is 3.79. The lowest BCUT2D eigenvalue weighted by atomic mass is 10.1. The van der Waals surface area contributed by atoms with Crippen LogP contribution in [0.3, 0.4) is 0 Å². The number of nitrogens with zero attached hydrogens (tertiary/aromatic N) is 1. The van der Waals surface area contributed by atoms with E-state index in [2.05, 4.69) is 26.6 Å². The number of anilines is 1. The fraction of sp³-hybridized carbons (Fsp3) is 0.333. The number of morpholine rings is 1. The number of imide groups is 1. The standard InChI is InChI=1S/C21H24BrN3O3/c1-14-5-3-8-18(15(14)2)23-21(27)24-20(26)13-25-9-10-28-19(12-25)16-6-4-7-17(22)11-16/h3-8,11,19H,9-10,12-13H2,1-2H3,(H2,23,24,26,27). The maximum absolute atomic E-state index is 12.3. The number of ether oxygens (including phenoxy) is 1. The third-order valence-corrected chi connectivity index (χ3v) is 5.34. The fourth-order valence-electron chi connectivity index (χ4n) is 3.16. The Morgan fingerprint density at radius 3 is 2.79 bits per heavy atom. The molecule has 0 bridgehead atoms. The monoisotopic (exact) mass is 445 g/mol. The first-order valence-electron chi connectivity index (χ1n) is 9.19. The second kappa shape index (κ2) is 9.32. The van der Waals surface area contributed by atoms with E-state index in [9.17, 15) is 9.59 Å². The molecule has 0 aliphatic carbocycles. The summed E-state index contributed by atoms with van der Waals surface area (Å²) in [7, 11) is 0. The zero-order chi connectivity index (χ0) is 20.1. The average Bonchev–Trinajstić information content (AvgIpc) is 2.65. The van der Waals surface area contributed by atoms with Crippen molar-refractivity contribution in [2.45, 2.75) is 20.0 Å². The van der Waals surface area contributed by atoms with E-state index in [1.54, 1.807) is 0 Å². The number of carbonyl (C=O) groups is 2. The minimum absolute atomic E-state index is 0.0946. The van der Waals surface area contributed by atoms with Gasteiger partial charge >= 0.3 is 6.03 Å². The largest absolute Gasteiger partial charge is 0.371 e. The molecule has 2 aromatic rings. The van der Waals surface area contributed by atoms with E-state index in [-0.39, 0.29) is 18.6 Å². The van der Waals surface area contributed by atoms with Crippen LogP contribution in [0.25, 0.3) is 0 Å². The molecule has 1 aliphatic rings. The number of benzene rings is 2. The van der Waals surface area contributed by atoms with Crippen molar-refractivity contribution in [2.24, 2.45) is 0 Å². The van der Waals surface area contributed by atoms with Crippen LogP contribution in [-0.2, 0) is 9.53 Å². The molecule has 28 heavy (non-hydrogen) atoms. The number of rotatable bonds is 4. The molecular weight excluding hydrogens is 422 g/mol. The van der Waals surface area contributed by atoms with Gasteiger partial charge in [-0.15, -0.1) is 0 Å². The first kappa shape index (κ1) is 20.5. The Labute approximate surface area is 173 Å². The van der Waals surface area contributed by atoms with Crippen LogP contribution in [0.15, 0.2) is 46.9 Å². The predicted molar refractivity (Wildman–Crippen MR) is 112 cm³/mol. The second-order valence-corrected chi connectivity index (χ2v) is 7.82. The van der Waals surface area contributed by atoms with Gasteiger partial charge in [0.05, 0.1) is 19.3 Å². The lowest BCUT2D eigenvalue weighted by Crippen LogP contribution is -2.46. The van der Waals surface area contributed by atoms with Crippen molar-refractivity contribution >= 4 is 33.6 Å². The van der Waals surface area contributed by atoms with Crippen LogP contribution in [0.1, 0.15) is 22.8 Å². The molecule has 1 unspecified atom stereocenters. The summed E-state index contributed by atoms with van der Waals surface area (Å²) in [6.45, 7) is 5.85. The molecule has 6 nitrogen and oxygen atoms in total. The Balaban J connectivity index is 1.52. The molecule has 148 valence electrons. The molecule has 1 heterocycles. The van der Waals surface area contributed by atoms with Gasteiger partial charge in [0.25, 0.3) is 0 Å². The maximum Gasteiger partial charge on any atom is 0.325 e. The third kappa shape index (κ3) is 5.41. The molecule has 0 radical (unpaired) electrons. The van der Waals surface area contributed by atoms with Gasteiger partial charge in [0.1, 0.15) is 0 Å². The Morgan fingerprint density at radius 1 is 1.21 bits per heavy atom. The number of hydrogen-bond acceptors (Lipinski definition) is 4. The summed E-state index contributed by atoms with van der Waals surface area (Å²) >= 11 is 3.47. The van der Waals surface area contributed by atoms with Crippen LogP contribution < -0.4 is 10.6 Å². The van der Waals surface area contributed by atoms with Gasteiger partial charge in [0.15, 0.2) is 0 Å². The highest BCUT2D eigenvalue weighted by molar-refractivity contribution is 9.10. The van der Waals surface area contributed by atoms with E-state index < -0.39 is 6.03 Å². The number of hydrogen-bond donors (Lipinski definition) is 2. The summed E-state index contributed by atoms with van der Waals surface area (Å²) in [5, 5.41) is 5.15. The van der Waals surface area contributed by atoms with Crippen molar-refractivity contribution in [1.82, 2.24) is 10.2 Å². The van der Waals surface area contributed by atoms with Gasteiger partial charge in [-0.25, -0.2) is 4.79 Å². The van der Waals surface area contributed by atoms with Gasteiger partial charge < -0.3 is 10.1 Å². The molecule has 2 aromatic carbocycles. The molecular formula is C21H24BrN3O3. The molecule has 1 atom stereocenters. The van der Waals surface area contributed by atoms with Gasteiger partial charge in [-0.1, -0.05) is 40.2 Å². The topological polar surface area (TPSA) is 70.7 Å². The molecule has 1 aliphatic heterocycles. The summed E-state index contributed by atoms with van der Waals surface area (Å²) < 4.78 is 6.83. The minimum atomic E-state index is -0.518. The molecule has 2 N–H and O–H groups in total. The minimum Gasteiger partial charge on any atom is -0.371 e. The molecule has 1 fully saturated rings. The molecule has 0 aromatic heterocycles. The highest BCUT2D eigenvalue weighted by Gasteiger charge is 2.24. The normalized spacial score (nSPS) is 17.2. The van der Waals surface area contributed by atoms with Crippen LogP contribution in [0.4, 0.5) is 10.5 Å². The van der Waals surface area contributed by atoms with Crippen molar-refractivity contribution in [3.05, 3.63) is 63.6 Å². The number of urea groups is 1. The summed E-state index contributed by atoms with van der Waals surface area (Å²) in [5.74, 6) is -0.335. The second-order valence-electron chi connectivity index (χ2n) is 6.90. The maximum atomic E-state index is 12.3. The molecule has 3 amide bonds. The van der Waals surface area contributed by atoms with Crippen molar-refractivity contribution < 1.29 is 14.3 Å². The fourth-order valence-corrected chi connectivity index (χ4v) is 3.58. The molecule has 0 saturated carbocycles. The molecule has 3 rings (SSSR count). The smallest absolute Gasteiger partial charge is 0.325 e. The van der Waals surface area contributed by atoms with E-state index in [1.165, 1.54) is 0 Å². The third-order valence-electron chi connectivity index (χ3n) is 4.84. The Morgan fingerprint density at radius 2 is 2.00 bits per heavy atom. The number of amides is 3. The highest BCUT2D eigenvalue weighted by Crippen LogP contribution is 2.24. The molecule has 7 heteroatoms. The van der Waals surface area contributed by atoms with Crippen molar-refractivity contribution in [2.75, 3.05) is 31.6 Å². The summed E-state index contributed by atoms with van der Waals surface area (Å²) in [4.78, 5) is 26.5. The zero-order valence-corrected chi connectivity index (χ0v) is 17.6. The van der Waals surface area contributed by atoms with Crippen LogP contribution in [0.5, 0.6) is 0 Å². The number of aryl methyl sites for hydroxylation is 1. The van der Waals surface area contributed by atoms with Gasteiger partial charge in [-0.3, -0.25) is 15.0 Å². The number of halogens is 1. The summed E-state index contributed by atoms with van der Waals surface area (Å²) in [6, 6.07) is 13.1. The quantitative estimate of drug-likeness (QED) is 0.750. The van der Waals surface area contributed by atoms with Gasteiger partial charge in [0.2, 0.25) is 5.91 Å². The van der Waals surface area contributed by atoms with E-state index in [1.807, 2.05) is 61.2 Å². The van der Waals surface area contributed by atoms with Crippen LogP contribution in [-0.4, -0.2) is 43.1 Å². The Bertz CT molecular complexity index is 872. The van der Waals surface area contributed by atoms with Crippen LogP contribution in [0.2, 0.25) is 0 Å².